The van der Waals surface area contributed by atoms with Crippen molar-refractivity contribution in [2.45, 2.75) is 20.3 Å². The lowest BCUT2D eigenvalue weighted by Gasteiger charge is -2.37. The number of halogens is 1. The van der Waals surface area contributed by atoms with E-state index in [0.29, 0.717) is 30.5 Å². The minimum atomic E-state index is -0.565. The van der Waals surface area contributed by atoms with E-state index in [2.05, 4.69) is 13.8 Å². The van der Waals surface area contributed by atoms with Gasteiger partial charge in [0.25, 0.3) is 17.5 Å². The van der Waals surface area contributed by atoms with Gasteiger partial charge >= 0.3 is 0 Å². The topological polar surface area (TPSA) is 83.8 Å². The summed E-state index contributed by atoms with van der Waals surface area (Å²) in [5, 5.41) is 11.0. The fourth-order valence-electron chi connectivity index (χ4n) is 4.52. The third kappa shape index (κ3) is 3.81. The zero-order valence-corrected chi connectivity index (χ0v) is 17.2. The van der Waals surface area contributed by atoms with E-state index in [4.69, 9.17) is 0 Å². The predicted molar refractivity (Wildman–Crippen MR) is 113 cm³/mol. The lowest BCUT2D eigenvalue weighted by Crippen LogP contribution is -2.42. The molecule has 160 valence electrons. The molecule has 31 heavy (non-hydrogen) atoms. The third-order valence-corrected chi connectivity index (χ3v) is 5.68. The summed E-state index contributed by atoms with van der Waals surface area (Å²) in [5.41, 5.74) is 0.920. The van der Waals surface area contributed by atoms with Crippen molar-refractivity contribution in [2.75, 3.05) is 18.0 Å². The Labute approximate surface area is 178 Å². The SMILES string of the molecule is CC1CC(C)CN(C2=C(c3ccc([N+](=O)[O-])cc3)C(=O)N(c3cccc(F)c3)C2=O)C1. The lowest BCUT2D eigenvalue weighted by molar-refractivity contribution is -0.384. The first-order chi connectivity index (χ1) is 14.8. The zero-order chi connectivity index (χ0) is 22.3. The summed E-state index contributed by atoms with van der Waals surface area (Å²) < 4.78 is 13.8. The number of non-ortho nitro benzene ring substituents is 1. The third-order valence-electron chi connectivity index (χ3n) is 5.68. The van der Waals surface area contributed by atoms with Crippen molar-refractivity contribution < 1.29 is 18.9 Å². The van der Waals surface area contributed by atoms with E-state index >= 15 is 0 Å². The smallest absolute Gasteiger partial charge is 0.282 e. The highest BCUT2D eigenvalue weighted by Crippen LogP contribution is 2.37. The molecule has 2 amide bonds. The minimum absolute atomic E-state index is 0.107. The maximum atomic E-state index is 13.8. The van der Waals surface area contributed by atoms with Gasteiger partial charge in [-0.2, -0.15) is 0 Å². The summed E-state index contributed by atoms with van der Waals surface area (Å²) >= 11 is 0. The molecule has 0 spiro atoms. The average molecular weight is 423 g/mol. The first kappa shape index (κ1) is 20.7. The molecule has 2 aromatic carbocycles. The molecule has 2 aromatic rings. The molecular weight excluding hydrogens is 401 g/mol. The second-order valence-corrected chi connectivity index (χ2v) is 8.30. The van der Waals surface area contributed by atoms with Crippen molar-refractivity contribution in [1.82, 2.24) is 4.90 Å². The average Bonchev–Trinajstić information content (AvgIpc) is 2.97. The number of rotatable bonds is 4. The van der Waals surface area contributed by atoms with Crippen LogP contribution < -0.4 is 4.90 Å². The Morgan fingerprint density at radius 3 is 2.23 bits per heavy atom. The van der Waals surface area contributed by atoms with Gasteiger partial charge in [0.1, 0.15) is 11.5 Å². The molecule has 0 N–H and O–H groups in total. The number of nitrogens with zero attached hydrogens (tertiary/aromatic N) is 3. The molecule has 0 aromatic heterocycles. The van der Waals surface area contributed by atoms with Gasteiger partial charge in [0.2, 0.25) is 0 Å². The van der Waals surface area contributed by atoms with Crippen molar-refractivity contribution in [1.29, 1.82) is 0 Å². The molecule has 0 radical (unpaired) electrons. The van der Waals surface area contributed by atoms with Crippen molar-refractivity contribution in [3.05, 3.63) is 75.7 Å². The summed E-state index contributed by atoms with van der Waals surface area (Å²) in [7, 11) is 0. The molecule has 2 aliphatic heterocycles. The number of imide groups is 1. The highest BCUT2D eigenvalue weighted by atomic mass is 19.1. The van der Waals surface area contributed by atoms with E-state index in [1.165, 1.54) is 42.5 Å². The molecule has 1 fully saturated rings. The number of benzene rings is 2. The van der Waals surface area contributed by atoms with Gasteiger partial charge in [-0.05, 0) is 54.2 Å². The number of nitro groups is 1. The Morgan fingerprint density at radius 2 is 1.65 bits per heavy atom. The highest BCUT2D eigenvalue weighted by Gasteiger charge is 2.43. The van der Waals surface area contributed by atoms with Crippen LogP contribution in [0.2, 0.25) is 0 Å². The van der Waals surface area contributed by atoms with Crippen LogP contribution in [0.3, 0.4) is 0 Å². The van der Waals surface area contributed by atoms with Crippen LogP contribution >= 0.6 is 0 Å². The van der Waals surface area contributed by atoms with Crippen molar-refractivity contribution in [3.63, 3.8) is 0 Å². The highest BCUT2D eigenvalue weighted by molar-refractivity contribution is 6.45. The van der Waals surface area contributed by atoms with Crippen molar-refractivity contribution in [3.8, 4) is 0 Å². The molecular formula is C23H22FN3O4. The lowest BCUT2D eigenvalue weighted by atomic mass is 9.91. The molecule has 2 heterocycles. The molecule has 8 heteroatoms. The molecule has 1 saturated heterocycles. The van der Waals surface area contributed by atoms with Crippen molar-refractivity contribution >= 4 is 28.8 Å². The number of carbonyl (C=O) groups is 2. The van der Waals surface area contributed by atoms with Crippen LogP contribution in [0.5, 0.6) is 0 Å². The van der Waals surface area contributed by atoms with Gasteiger partial charge in [-0.25, -0.2) is 9.29 Å². The Hall–Kier alpha value is -3.55. The number of carbonyl (C=O) groups excluding carboxylic acids is 2. The van der Waals surface area contributed by atoms with Gasteiger partial charge in [-0.1, -0.05) is 19.9 Å². The zero-order valence-electron chi connectivity index (χ0n) is 17.2. The van der Waals surface area contributed by atoms with Crippen LogP contribution in [-0.2, 0) is 9.59 Å². The monoisotopic (exact) mass is 423 g/mol. The Morgan fingerprint density at radius 1 is 1.00 bits per heavy atom. The Kier molecular flexibility index (Phi) is 5.31. The second-order valence-electron chi connectivity index (χ2n) is 8.30. The number of nitro benzene ring substituents is 1. The number of likely N-dealkylation sites (tertiary alicyclic amines) is 1. The van der Waals surface area contributed by atoms with E-state index in [-0.39, 0.29) is 22.6 Å². The minimum Gasteiger partial charge on any atom is -0.366 e. The molecule has 0 aliphatic carbocycles. The fraction of sp³-hybridized carbons (Fsp3) is 0.304. The first-order valence-corrected chi connectivity index (χ1v) is 10.1. The number of hydrogen-bond donors (Lipinski definition) is 0. The van der Waals surface area contributed by atoms with E-state index in [0.717, 1.165) is 17.4 Å². The van der Waals surface area contributed by atoms with Crippen LogP contribution in [0.15, 0.2) is 54.2 Å². The number of anilines is 1. The summed E-state index contributed by atoms with van der Waals surface area (Å²) in [4.78, 5) is 40.3. The largest absolute Gasteiger partial charge is 0.366 e. The maximum Gasteiger partial charge on any atom is 0.282 e. The van der Waals surface area contributed by atoms with Crippen molar-refractivity contribution in [2.24, 2.45) is 11.8 Å². The van der Waals surface area contributed by atoms with Gasteiger partial charge < -0.3 is 4.90 Å². The standard InChI is InChI=1S/C23H22FN3O4/c1-14-10-15(2)13-25(12-14)21-20(16-6-8-18(9-7-16)27(30)31)22(28)26(23(21)29)19-5-3-4-17(24)11-19/h3-9,11,14-15H,10,12-13H2,1-2H3. The quantitative estimate of drug-likeness (QED) is 0.422. The fourth-order valence-corrected chi connectivity index (χ4v) is 4.52. The molecule has 4 rings (SSSR count). The molecule has 2 atom stereocenters. The molecule has 2 aliphatic rings. The summed E-state index contributed by atoms with van der Waals surface area (Å²) in [5.74, 6) is -0.958. The van der Waals surface area contributed by atoms with Gasteiger partial charge in [0, 0.05) is 25.2 Å². The summed E-state index contributed by atoms with van der Waals surface area (Å²) in [6, 6.07) is 10.9. The van der Waals surface area contributed by atoms with Gasteiger partial charge in [0.15, 0.2) is 0 Å². The molecule has 2 unspecified atom stereocenters. The molecule has 7 nitrogen and oxygen atoms in total. The number of piperidine rings is 1. The van der Waals surface area contributed by atoms with E-state index in [1.54, 1.807) is 0 Å². The van der Waals surface area contributed by atoms with Crippen LogP contribution in [0.25, 0.3) is 5.57 Å². The Balaban J connectivity index is 1.83. The molecule has 0 saturated carbocycles. The molecule has 0 bridgehead atoms. The van der Waals surface area contributed by atoms with Gasteiger partial charge in [0.05, 0.1) is 16.2 Å². The van der Waals surface area contributed by atoms with E-state index in [9.17, 15) is 24.1 Å². The number of hydrogen-bond acceptors (Lipinski definition) is 5. The summed E-state index contributed by atoms with van der Waals surface area (Å²) in [6.07, 6.45) is 1.02. The van der Waals surface area contributed by atoms with E-state index < -0.39 is 22.6 Å². The van der Waals surface area contributed by atoms with Crippen LogP contribution in [0, 0.1) is 27.8 Å². The van der Waals surface area contributed by atoms with Gasteiger partial charge in [-0.15, -0.1) is 0 Å². The van der Waals surface area contributed by atoms with Crippen LogP contribution in [0.4, 0.5) is 15.8 Å². The summed E-state index contributed by atoms with van der Waals surface area (Å²) in [6.45, 7) is 5.43. The van der Waals surface area contributed by atoms with E-state index in [1.807, 2.05) is 4.90 Å². The maximum absolute atomic E-state index is 13.8. The normalized spacial score (nSPS) is 21.8. The number of amides is 2. The Bertz CT molecular complexity index is 1090. The van der Waals surface area contributed by atoms with Gasteiger partial charge in [-0.3, -0.25) is 19.7 Å². The van der Waals surface area contributed by atoms with Crippen LogP contribution in [-0.4, -0.2) is 34.7 Å². The second kappa shape index (κ2) is 7.94. The van der Waals surface area contributed by atoms with Crippen LogP contribution in [0.1, 0.15) is 25.8 Å². The predicted octanol–water partition coefficient (Wildman–Crippen LogP) is 4.00. The first-order valence-electron chi connectivity index (χ1n) is 10.1.